The Balaban J connectivity index is 1.79. The molecule has 6 heteroatoms. The molecule has 1 unspecified atom stereocenters. The van der Waals surface area contributed by atoms with Crippen LogP contribution in [-0.2, 0) is 14.2 Å². The highest BCUT2D eigenvalue weighted by atomic mass is 32.2. The van der Waals surface area contributed by atoms with Gasteiger partial charge < -0.3 is 19.1 Å². The van der Waals surface area contributed by atoms with Crippen LogP contribution in [0.5, 0.6) is 0 Å². The summed E-state index contributed by atoms with van der Waals surface area (Å²) in [5, 5.41) is 2.09. The summed E-state index contributed by atoms with van der Waals surface area (Å²) in [5.74, 6) is 0. The average Bonchev–Trinajstić information content (AvgIpc) is 2.64. The van der Waals surface area contributed by atoms with Gasteiger partial charge in [0.2, 0.25) is 0 Å². The molecule has 0 aromatic heterocycles. The number of hydrogen-bond donors (Lipinski definition) is 0. The van der Waals surface area contributed by atoms with Crippen molar-refractivity contribution >= 4 is 17.9 Å². The van der Waals surface area contributed by atoms with Crippen molar-refractivity contribution in [2.24, 2.45) is 0 Å². The number of amides is 1. The fourth-order valence-electron chi connectivity index (χ4n) is 3.06. The number of nitrogens with zero attached hydrogens (tertiary/aromatic N) is 1. The van der Waals surface area contributed by atoms with E-state index in [4.69, 9.17) is 14.2 Å². The van der Waals surface area contributed by atoms with E-state index in [1.54, 1.807) is 23.8 Å². The van der Waals surface area contributed by atoms with Crippen molar-refractivity contribution in [2.45, 2.75) is 38.1 Å². The number of piperidine rings is 1. The van der Waals surface area contributed by atoms with Crippen LogP contribution >= 0.6 is 11.8 Å². The molecule has 1 spiro atoms. The lowest BCUT2D eigenvalue weighted by molar-refractivity contribution is -0.193. The predicted molar refractivity (Wildman–Crippen MR) is 84.3 cm³/mol. The van der Waals surface area contributed by atoms with Crippen LogP contribution in [0, 0.1) is 0 Å². The summed E-state index contributed by atoms with van der Waals surface area (Å²) in [6.45, 7) is 3.47. The fourth-order valence-corrected chi connectivity index (χ4v) is 3.83. The third kappa shape index (κ3) is 2.97. The van der Waals surface area contributed by atoms with E-state index in [1.807, 2.05) is 6.92 Å². The minimum Gasteiger partial charge on any atom is -0.450 e. The van der Waals surface area contributed by atoms with Gasteiger partial charge in [0.1, 0.15) is 5.60 Å². The molecule has 3 rings (SSSR count). The Bertz CT molecular complexity index is 542. The van der Waals surface area contributed by atoms with Gasteiger partial charge in [-0.05, 0) is 31.2 Å². The van der Waals surface area contributed by atoms with Crippen molar-refractivity contribution in [2.75, 3.05) is 26.8 Å². The largest absolute Gasteiger partial charge is 0.450 e. The standard InChI is InChI=1S/C16H21NO4S/c1-3-20-15(18)17-7-5-16(6-8-17)12-4-9-22-13(10-12)11-14(19-2)21-16/h4,9,14H,3,5-8,11H2,1-2H3. The van der Waals surface area contributed by atoms with Crippen LogP contribution < -0.4 is 0 Å². The van der Waals surface area contributed by atoms with Gasteiger partial charge in [-0.15, -0.1) is 5.73 Å². The van der Waals surface area contributed by atoms with Crippen LogP contribution in [0.2, 0.25) is 0 Å². The first kappa shape index (κ1) is 15.7. The fraction of sp³-hybridized carbons (Fsp3) is 0.625. The van der Waals surface area contributed by atoms with E-state index in [9.17, 15) is 4.79 Å². The molecule has 0 aromatic carbocycles. The third-order valence-corrected chi connectivity index (χ3v) is 5.10. The predicted octanol–water partition coefficient (Wildman–Crippen LogP) is 3.04. The SMILES string of the molecule is CCOC(=O)N1CCC2(CC1)OC(OC)CC1=C=C2C=CS1. The van der Waals surface area contributed by atoms with Crippen LogP contribution in [0.3, 0.4) is 0 Å². The smallest absolute Gasteiger partial charge is 0.409 e. The number of carbonyl (C=O) groups excluding carboxylic acids is 1. The van der Waals surface area contributed by atoms with Crippen LogP contribution in [0.4, 0.5) is 4.79 Å². The number of rotatable bonds is 2. The minimum absolute atomic E-state index is 0.241. The minimum atomic E-state index is -0.414. The van der Waals surface area contributed by atoms with Crippen LogP contribution in [0.25, 0.3) is 0 Å². The van der Waals surface area contributed by atoms with Crippen LogP contribution in [0.1, 0.15) is 26.2 Å². The van der Waals surface area contributed by atoms with E-state index in [-0.39, 0.29) is 12.4 Å². The maximum Gasteiger partial charge on any atom is 0.409 e. The van der Waals surface area contributed by atoms with E-state index < -0.39 is 5.60 Å². The maximum absolute atomic E-state index is 11.9. The van der Waals surface area contributed by atoms with Crippen molar-refractivity contribution in [3.05, 3.63) is 27.7 Å². The van der Waals surface area contributed by atoms with E-state index >= 15 is 0 Å². The number of carbonyl (C=O) groups is 1. The number of hydrogen-bond acceptors (Lipinski definition) is 5. The molecule has 2 bridgehead atoms. The number of fused-ring (bicyclic) bond motifs is 1. The van der Waals surface area contributed by atoms with Crippen molar-refractivity contribution in [3.8, 4) is 0 Å². The highest BCUT2D eigenvalue weighted by Gasteiger charge is 2.43. The second-order valence-electron chi connectivity index (χ2n) is 5.55. The summed E-state index contributed by atoms with van der Waals surface area (Å²) in [4.78, 5) is 14.8. The lowest BCUT2D eigenvalue weighted by Gasteiger charge is -2.42. The molecule has 3 heterocycles. The Hall–Kier alpha value is -1.20. The second kappa shape index (κ2) is 6.50. The Morgan fingerprint density at radius 1 is 1.55 bits per heavy atom. The van der Waals surface area contributed by atoms with Gasteiger partial charge in [-0.1, -0.05) is 11.8 Å². The van der Waals surface area contributed by atoms with E-state index in [0.29, 0.717) is 19.7 Å². The Morgan fingerprint density at radius 2 is 2.32 bits per heavy atom. The zero-order chi connectivity index (χ0) is 15.6. The highest BCUT2D eigenvalue weighted by Crippen LogP contribution is 2.42. The molecule has 1 saturated heterocycles. The first-order valence-electron chi connectivity index (χ1n) is 7.62. The zero-order valence-electron chi connectivity index (χ0n) is 13.0. The molecule has 3 aliphatic rings. The quantitative estimate of drug-likeness (QED) is 0.731. The summed E-state index contributed by atoms with van der Waals surface area (Å²) in [6.07, 6.45) is 3.76. The first-order chi connectivity index (χ1) is 10.7. The van der Waals surface area contributed by atoms with Crippen LogP contribution in [0.15, 0.2) is 27.7 Å². The van der Waals surface area contributed by atoms with Crippen molar-refractivity contribution in [1.82, 2.24) is 4.90 Å². The lowest BCUT2D eigenvalue weighted by atomic mass is 9.84. The molecule has 3 aliphatic heterocycles. The Kier molecular flexibility index (Phi) is 4.64. The van der Waals surface area contributed by atoms with Gasteiger partial charge in [-0.3, -0.25) is 0 Å². The van der Waals surface area contributed by atoms with Crippen LogP contribution in [-0.4, -0.2) is 49.7 Å². The van der Waals surface area contributed by atoms with Gasteiger partial charge in [0.15, 0.2) is 6.29 Å². The van der Waals surface area contributed by atoms with Gasteiger partial charge in [0.05, 0.1) is 6.61 Å². The summed E-state index contributed by atoms with van der Waals surface area (Å²) >= 11 is 1.67. The molecule has 1 fully saturated rings. The second-order valence-corrected chi connectivity index (χ2v) is 6.55. The number of thioether (sulfide) groups is 1. The van der Waals surface area contributed by atoms with E-state index in [1.165, 1.54) is 0 Å². The molecule has 120 valence electrons. The van der Waals surface area contributed by atoms with Gasteiger partial charge in [0, 0.05) is 37.1 Å². The van der Waals surface area contributed by atoms with Crippen molar-refractivity contribution in [1.29, 1.82) is 0 Å². The molecule has 1 atom stereocenters. The summed E-state index contributed by atoms with van der Waals surface area (Å²) in [6, 6.07) is 0. The molecule has 1 amide bonds. The highest BCUT2D eigenvalue weighted by molar-refractivity contribution is 8.05. The Labute approximate surface area is 135 Å². The molecular weight excluding hydrogens is 302 g/mol. The molecular formula is C16H21NO4S. The molecule has 22 heavy (non-hydrogen) atoms. The average molecular weight is 323 g/mol. The molecule has 0 aromatic rings. The molecule has 0 radical (unpaired) electrons. The normalized spacial score (nSPS) is 26.3. The topological polar surface area (TPSA) is 48.0 Å². The molecule has 0 aliphatic carbocycles. The van der Waals surface area contributed by atoms with Gasteiger partial charge >= 0.3 is 6.09 Å². The molecule has 0 N–H and O–H groups in total. The monoisotopic (exact) mass is 323 g/mol. The van der Waals surface area contributed by atoms with Crippen molar-refractivity contribution in [3.63, 3.8) is 0 Å². The third-order valence-electron chi connectivity index (χ3n) is 4.28. The van der Waals surface area contributed by atoms with Gasteiger partial charge in [-0.25, -0.2) is 4.79 Å². The summed E-state index contributed by atoms with van der Waals surface area (Å²) in [5.41, 5.74) is 4.14. The number of ether oxygens (including phenoxy) is 3. The summed E-state index contributed by atoms with van der Waals surface area (Å²) < 4.78 is 16.9. The van der Waals surface area contributed by atoms with Gasteiger partial charge in [0.25, 0.3) is 0 Å². The van der Waals surface area contributed by atoms with E-state index in [2.05, 4.69) is 17.2 Å². The number of likely N-dealkylation sites (tertiary alicyclic amines) is 1. The molecule has 5 nitrogen and oxygen atoms in total. The van der Waals surface area contributed by atoms with Gasteiger partial charge in [-0.2, -0.15) is 0 Å². The maximum atomic E-state index is 11.9. The first-order valence-corrected chi connectivity index (χ1v) is 8.50. The zero-order valence-corrected chi connectivity index (χ0v) is 13.8. The summed E-state index contributed by atoms with van der Waals surface area (Å²) in [7, 11) is 1.67. The lowest BCUT2D eigenvalue weighted by Crippen LogP contribution is -2.50. The number of methoxy groups -OCH3 is 1. The Morgan fingerprint density at radius 3 is 3.00 bits per heavy atom. The van der Waals surface area contributed by atoms with Crippen molar-refractivity contribution < 1.29 is 19.0 Å². The van der Waals surface area contributed by atoms with E-state index in [0.717, 1.165) is 29.7 Å². The molecule has 0 saturated carbocycles.